The van der Waals surface area contributed by atoms with Gasteiger partial charge in [-0.15, -0.1) is 0 Å². The second kappa shape index (κ2) is 5.25. The van der Waals surface area contributed by atoms with Crippen LogP contribution in [0.15, 0.2) is 34.8 Å². The molecule has 0 unspecified atom stereocenters. The second-order valence-electron chi connectivity index (χ2n) is 4.71. The van der Waals surface area contributed by atoms with Crippen LogP contribution in [0.5, 0.6) is 0 Å². The Balaban J connectivity index is 2.50. The standard InChI is InChI=1S/C16H14BrFO/c1-9-8-13(18)4-5-14(9)16(19)12-6-10(2)15(17)11(3)7-12/h4-8H,1-3H3. The van der Waals surface area contributed by atoms with E-state index < -0.39 is 0 Å². The second-order valence-corrected chi connectivity index (χ2v) is 5.51. The predicted molar refractivity (Wildman–Crippen MR) is 78.2 cm³/mol. The van der Waals surface area contributed by atoms with Crippen molar-refractivity contribution in [3.63, 3.8) is 0 Å². The third kappa shape index (κ3) is 2.76. The van der Waals surface area contributed by atoms with E-state index in [0.29, 0.717) is 16.7 Å². The average molecular weight is 321 g/mol. The number of rotatable bonds is 2. The van der Waals surface area contributed by atoms with Gasteiger partial charge in [0, 0.05) is 15.6 Å². The number of hydrogen-bond acceptors (Lipinski definition) is 1. The summed E-state index contributed by atoms with van der Waals surface area (Å²) < 4.78 is 14.1. The van der Waals surface area contributed by atoms with Crippen LogP contribution >= 0.6 is 15.9 Å². The number of hydrogen-bond donors (Lipinski definition) is 0. The molecule has 3 heteroatoms. The molecule has 0 aliphatic heterocycles. The molecule has 98 valence electrons. The van der Waals surface area contributed by atoms with E-state index >= 15 is 0 Å². The van der Waals surface area contributed by atoms with Crippen molar-refractivity contribution in [2.45, 2.75) is 20.8 Å². The Hall–Kier alpha value is -1.48. The van der Waals surface area contributed by atoms with Gasteiger partial charge in [-0.25, -0.2) is 4.39 Å². The van der Waals surface area contributed by atoms with Gasteiger partial charge in [-0.05, 0) is 67.8 Å². The Morgan fingerprint density at radius 1 is 1.00 bits per heavy atom. The van der Waals surface area contributed by atoms with Gasteiger partial charge in [0.25, 0.3) is 0 Å². The van der Waals surface area contributed by atoms with E-state index in [2.05, 4.69) is 15.9 Å². The van der Waals surface area contributed by atoms with E-state index in [-0.39, 0.29) is 11.6 Å². The smallest absolute Gasteiger partial charge is 0.193 e. The Labute approximate surface area is 120 Å². The summed E-state index contributed by atoms with van der Waals surface area (Å²) in [6.07, 6.45) is 0. The molecule has 19 heavy (non-hydrogen) atoms. The van der Waals surface area contributed by atoms with Gasteiger partial charge in [-0.2, -0.15) is 0 Å². The molecule has 0 N–H and O–H groups in total. The summed E-state index contributed by atoms with van der Waals surface area (Å²) in [5, 5.41) is 0. The molecule has 0 saturated heterocycles. The van der Waals surface area contributed by atoms with Crippen molar-refractivity contribution in [1.82, 2.24) is 0 Å². The van der Waals surface area contributed by atoms with E-state index in [0.717, 1.165) is 15.6 Å². The number of ketones is 1. The molecular weight excluding hydrogens is 307 g/mol. The van der Waals surface area contributed by atoms with Gasteiger partial charge in [-0.3, -0.25) is 4.79 Å². The summed E-state index contributed by atoms with van der Waals surface area (Å²) >= 11 is 3.48. The number of aryl methyl sites for hydroxylation is 3. The molecule has 0 bridgehead atoms. The topological polar surface area (TPSA) is 17.1 Å². The average Bonchev–Trinajstić information content (AvgIpc) is 2.34. The highest BCUT2D eigenvalue weighted by Gasteiger charge is 2.14. The lowest BCUT2D eigenvalue weighted by Crippen LogP contribution is -2.05. The van der Waals surface area contributed by atoms with Gasteiger partial charge >= 0.3 is 0 Å². The monoisotopic (exact) mass is 320 g/mol. The quantitative estimate of drug-likeness (QED) is 0.730. The molecule has 0 spiro atoms. The highest BCUT2D eigenvalue weighted by Crippen LogP contribution is 2.24. The zero-order valence-electron chi connectivity index (χ0n) is 11.1. The van der Waals surface area contributed by atoms with Gasteiger partial charge < -0.3 is 0 Å². The third-order valence-corrected chi connectivity index (χ3v) is 4.38. The SMILES string of the molecule is Cc1cc(F)ccc1C(=O)c1cc(C)c(Br)c(C)c1. The fourth-order valence-electron chi connectivity index (χ4n) is 2.11. The Bertz CT molecular complexity index is 639. The maximum atomic E-state index is 13.1. The first-order valence-corrected chi connectivity index (χ1v) is 6.77. The summed E-state index contributed by atoms with van der Waals surface area (Å²) in [4.78, 5) is 12.5. The minimum Gasteiger partial charge on any atom is -0.289 e. The highest BCUT2D eigenvalue weighted by molar-refractivity contribution is 9.10. The fraction of sp³-hybridized carbons (Fsp3) is 0.188. The van der Waals surface area contributed by atoms with E-state index in [1.165, 1.54) is 12.1 Å². The summed E-state index contributed by atoms with van der Waals surface area (Å²) in [6.45, 7) is 5.64. The molecule has 0 saturated carbocycles. The van der Waals surface area contributed by atoms with Crippen LogP contribution in [-0.4, -0.2) is 5.78 Å². The molecule has 0 aromatic heterocycles. The number of benzene rings is 2. The van der Waals surface area contributed by atoms with E-state index in [9.17, 15) is 9.18 Å². The van der Waals surface area contributed by atoms with Crippen LogP contribution in [-0.2, 0) is 0 Å². The minimum absolute atomic E-state index is 0.0730. The number of carbonyl (C=O) groups excluding carboxylic acids is 1. The lowest BCUT2D eigenvalue weighted by Gasteiger charge is -2.09. The van der Waals surface area contributed by atoms with E-state index in [1.54, 1.807) is 13.0 Å². The van der Waals surface area contributed by atoms with Crippen molar-refractivity contribution in [3.8, 4) is 0 Å². The molecule has 0 aliphatic rings. The highest BCUT2D eigenvalue weighted by atomic mass is 79.9. The lowest BCUT2D eigenvalue weighted by atomic mass is 9.96. The third-order valence-electron chi connectivity index (χ3n) is 3.13. The summed E-state index contributed by atoms with van der Waals surface area (Å²) in [6, 6.07) is 7.94. The van der Waals surface area contributed by atoms with Crippen molar-refractivity contribution in [1.29, 1.82) is 0 Å². The molecule has 0 amide bonds. The molecule has 2 rings (SSSR count). The largest absolute Gasteiger partial charge is 0.289 e. The first-order valence-electron chi connectivity index (χ1n) is 5.97. The number of halogens is 2. The molecule has 2 aromatic rings. The normalized spacial score (nSPS) is 10.6. The molecule has 0 fully saturated rings. The van der Waals surface area contributed by atoms with Crippen LogP contribution < -0.4 is 0 Å². The van der Waals surface area contributed by atoms with Gasteiger partial charge in [-0.1, -0.05) is 15.9 Å². The van der Waals surface area contributed by atoms with Crippen molar-refractivity contribution in [2.75, 3.05) is 0 Å². The molecular formula is C16H14BrFO. The van der Waals surface area contributed by atoms with E-state index in [4.69, 9.17) is 0 Å². The van der Waals surface area contributed by atoms with Crippen LogP contribution in [0, 0.1) is 26.6 Å². The van der Waals surface area contributed by atoms with Crippen LogP contribution in [0.2, 0.25) is 0 Å². The lowest BCUT2D eigenvalue weighted by molar-refractivity contribution is 0.103. The molecule has 0 heterocycles. The summed E-state index contributed by atoms with van der Waals surface area (Å²) in [7, 11) is 0. The van der Waals surface area contributed by atoms with E-state index in [1.807, 2.05) is 26.0 Å². The first-order chi connectivity index (χ1) is 8.90. The summed E-state index contributed by atoms with van der Waals surface area (Å²) in [5.74, 6) is -0.395. The molecule has 0 atom stereocenters. The van der Waals surface area contributed by atoms with Gasteiger partial charge in [0.2, 0.25) is 0 Å². The Kier molecular flexibility index (Phi) is 3.85. The predicted octanol–water partition coefficient (Wildman–Crippen LogP) is 4.74. The van der Waals surface area contributed by atoms with Gasteiger partial charge in [0.15, 0.2) is 5.78 Å². The van der Waals surface area contributed by atoms with Gasteiger partial charge in [0.05, 0.1) is 0 Å². The minimum atomic E-state index is -0.322. The molecule has 1 nitrogen and oxygen atoms in total. The zero-order valence-corrected chi connectivity index (χ0v) is 12.6. The fourth-order valence-corrected chi connectivity index (χ4v) is 2.34. The zero-order chi connectivity index (χ0) is 14.2. The van der Waals surface area contributed by atoms with Crippen LogP contribution in [0.1, 0.15) is 32.6 Å². The maximum absolute atomic E-state index is 13.1. The van der Waals surface area contributed by atoms with Crippen LogP contribution in [0.4, 0.5) is 4.39 Å². The first kappa shape index (κ1) is 13.9. The molecule has 0 radical (unpaired) electrons. The van der Waals surface area contributed by atoms with Crippen LogP contribution in [0.25, 0.3) is 0 Å². The van der Waals surface area contributed by atoms with Crippen molar-refractivity contribution < 1.29 is 9.18 Å². The summed E-state index contributed by atoms with van der Waals surface area (Å²) in [5.41, 5.74) is 3.87. The Morgan fingerprint density at radius 2 is 1.58 bits per heavy atom. The van der Waals surface area contributed by atoms with Crippen molar-refractivity contribution >= 4 is 21.7 Å². The van der Waals surface area contributed by atoms with Crippen molar-refractivity contribution in [2.24, 2.45) is 0 Å². The Morgan fingerprint density at radius 3 is 2.11 bits per heavy atom. The van der Waals surface area contributed by atoms with Gasteiger partial charge in [0.1, 0.15) is 5.82 Å². The molecule has 2 aromatic carbocycles. The maximum Gasteiger partial charge on any atom is 0.193 e. The molecule has 0 aliphatic carbocycles. The van der Waals surface area contributed by atoms with Crippen LogP contribution in [0.3, 0.4) is 0 Å². The number of carbonyl (C=O) groups is 1. The van der Waals surface area contributed by atoms with Crippen molar-refractivity contribution in [3.05, 3.63) is 68.4 Å².